The number of nitrogens with two attached hydrogens (primary N) is 1. The average molecular weight is 122 g/mol. The van der Waals surface area contributed by atoms with Crippen molar-refractivity contribution in [2.75, 3.05) is 12.3 Å². The van der Waals surface area contributed by atoms with Gasteiger partial charge in [-0.3, -0.25) is 0 Å². The third kappa shape index (κ3) is 5.91. The first-order chi connectivity index (χ1) is 3.06. The Kier molecular flexibility index (Phi) is 2.25. The molecule has 43 valence electrons. The SMILES string of the molecule is [CH2]S(=O)(=O)CCN. The van der Waals surface area contributed by atoms with Gasteiger partial charge < -0.3 is 5.73 Å². The lowest BCUT2D eigenvalue weighted by molar-refractivity contribution is 0.604. The monoisotopic (exact) mass is 122 g/mol. The second-order valence-electron chi connectivity index (χ2n) is 1.24. The zero-order valence-corrected chi connectivity index (χ0v) is 4.74. The first-order valence-corrected chi connectivity index (χ1v) is 3.64. The summed E-state index contributed by atoms with van der Waals surface area (Å²) in [5, 5.41) is 0. The van der Waals surface area contributed by atoms with Gasteiger partial charge in [-0.2, -0.15) is 0 Å². The van der Waals surface area contributed by atoms with Gasteiger partial charge in [-0.1, -0.05) is 0 Å². The summed E-state index contributed by atoms with van der Waals surface area (Å²) in [5.41, 5.74) is 4.90. The van der Waals surface area contributed by atoms with Gasteiger partial charge in [0.05, 0.1) is 12.0 Å². The Hall–Kier alpha value is -0.0900. The van der Waals surface area contributed by atoms with Crippen molar-refractivity contribution in [3.05, 3.63) is 6.26 Å². The van der Waals surface area contributed by atoms with Gasteiger partial charge >= 0.3 is 0 Å². The summed E-state index contributed by atoms with van der Waals surface area (Å²) in [7, 11) is -3.05. The summed E-state index contributed by atoms with van der Waals surface area (Å²) in [4.78, 5) is 0. The Morgan fingerprint density at radius 2 is 2.00 bits per heavy atom. The smallest absolute Gasteiger partial charge is 0.152 e. The predicted octanol–water partition coefficient (Wildman–Crippen LogP) is -0.849. The molecule has 0 unspecified atom stereocenters. The maximum Gasteiger partial charge on any atom is 0.152 e. The van der Waals surface area contributed by atoms with E-state index in [0.29, 0.717) is 0 Å². The van der Waals surface area contributed by atoms with E-state index < -0.39 is 9.84 Å². The second kappa shape index (κ2) is 2.28. The van der Waals surface area contributed by atoms with Crippen molar-refractivity contribution in [1.29, 1.82) is 0 Å². The molecule has 0 saturated carbocycles. The number of sulfone groups is 1. The summed E-state index contributed by atoms with van der Waals surface area (Å²) < 4.78 is 20.1. The Balaban J connectivity index is 3.60. The summed E-state index contributed by atoms with van der Waals surface area (Å²) >= 11 is 0. The van der Waals surface area contributed by atoms with Gasteiger partial charge in [-0.25, -0.2) is 8.42 Å². The normalized spacial score (nSPS) is 11.7. The highest BCUT2D eigenvalue weighted by atomic mass is 32.2. The van der Waals surface area contributed by atoms with E-state index in [1.165, 1.54) is 0 Å². The Labute approximate surface area is 43.4 Å². The van der Waals surface area contributed by atoms with Crippen LogP contribution in [0.3, 0.4) is 0 Å². The zero-order valence-electron chi connectivity index (χ0n) is 3.92. The first-order valence-electron chi connectivity index (χ1n) is 1.82. The van der Waals surface area contributed by atoms with Gasteiger partial charge in [-0.15, -0.1) is 0 Å². The number of hydrogen-bond donors (Lipinski definition) is 1. The van der Waals surface area contributed by atoms with Crippen molar-refractivity contribution < 1.29 is 8.42 Å². The van der Waals surface area contributed by atoms with Crippen LogP contribution in [0, 0.1) is 6.26 Å². The zero-order chi connectivity index (χ0) is 5.91. The highest BCUT2D eigenvalue weighted by Crippen LogP contribution is 1.79. The van der Waals surface area contributed by atoms with Crippen molar-refractivity contribution in [3.63, 3.8) is 0 Å². The molecule has 1 radical (unpaired) electrons. The van der Waals surface area contributed by atoms with Gasteiger partial charge in [0.25, 0.3) is 0 Å². The quantitative estimate of drug-likeness (QED) is 0.519. The molecule has 0 aliphatic heterocycles. The minimum absolute atomic E-state index is 0.0208. The van der Waals surface area contributed by atoms with Crippen LogP contribution in [0.25, 0.3) is 0 Å². The third-order valence-electron chi connectivity index (χ3n) is 0.429. The standard InChI is InChI=1S/C3H8NO2S/c1-7(5,6)3-2-4/h1-4H2. The molecule has 0 saturated heterocycles. The van der Waals surface area contributed by atoms with Crippen molar-refractivity contribution in [3.8, 4) is 0 Å². The van der Waals surface area contributed by atoms with Gasteiger partial charge in [0, 0.05) is 6.54 Å². The highest BCUT2D eigenvalue weighted by Gasteiger charge is 1.96. The molecule has 0 amide bonds. The fourth-order valence-electron chi connectivity index (χ4n) is 0.180. The molecular weight excluding hydrogens is 114 g/mol. The fourth-order valence-corrected chi connectivity index (χ4v) is 0.539. The predicted molar refractivity (Wildman–Crippen MR) is 28.2 cm³/mol. The van der Waals surface area contributed by atoms with Crippen LogP contribution in [-0.4, -0.2) is 20.7 Å². The van der Waals surface area contributed by atoms with Crippen LogP contribution in [0.1, 0.15) is 0 Å². The van der Waals surface area contributed by atoms with Crippen molar-refractivity contribution >= 4 is 9.84 Å². The number of hydrogen-bond acceptors (Lipinski definition) is 3. The van der Waals surface area contributed by atoms with Crippen LogP contribution in [0.5, 0.6) is 0 Å². The van der Waals surface area contributed by atoms with E-state index in [2.05, 4.69) is 6.26 Å². The maximum atomic E-state index is 10.0. The van der Waals surface area contributed by atoms with E-state index in [9.17, 15) is 8.42 Å². The van der Waals surface area contributed by atoms with Crippen LogP contribution in [0.15, 0.2) is 0 Å². The summed E-state index contributed by atoms with van der Waals surface area (Å²) in [6.07, 6.45) is 2.85. The molecule has 0 spiro atoms. The molecule has 0 bridgehead atoms. The summed E-state index contributed by atoms with van der Waals surface area (Å²) in [6, 6.07) is 0. The Morgan fingerprint density at radius 3 is 2.00 bits per heavy atom. The lowest BCUT2D eigenvalue weighted by Crippen LogP contribution is -2.11. The van der Waals surface area contributed by atoms with E-state index in [0.717, 1.165) is 0 Å². The first kappa shape index (κ1) is 6.91. The maximum absolute atomic E-state index is 10.0. The molecule has 0 atom stereocenters. The largest absolute Gasteiger partial charge is 0.329 e. The van der Waals surface area contributed by atoms with Crippen LogP contribution in [0.2, 0.25) is 0 Å². The summed E-state index contributed by atoms with van der Waals surface area (Å²) in [5.74, 6) is -0.0208. The number of rotatable bonds is 2. The van der Waals surface area contributed by atoms with E-state index in [4.69, 9.17) is 5.73 Å². The van der Waals surface area contributed by atoms with Crippen LogP contribution >= 0.6 is 0 Å². The highest BCUT2D eigenvalue weighted by molar-refractivity contribution is 7.92. The molecule has 0 aromatic rings. The second-order valence-corrected chi connectivity index (χ2v) is 3.13. The molecule has 0 heterocycles. The molecule has 0 aliphatic carbocycles. The Morgan fingerprint density at radius 1 is 1.57 bits per heavy atom. The van der Waals surface area contributed by atoms with E-state index >= 15 is 0 Å². The van der Waals surface area contributed by atoms with E-state index in [-0.39, 0.29) is 12.3 Å². The molecule has 0 rings (SSSR count). The molecule has 3 nitrogen and oxygen atoms in total. The van der Waals surface area contributed by atoms with Crippen LogP contribution in [0.4, 0.5) is 0 Å². The van der Waals surface area contributed by atoms with Gasteiger partial charge in [0.2, 0.25) is 0 Å². The molecular formula is C3H8NO2S. The van der Waals surface area contributed by atoms with E-state index in [1.807, 2.05) is 0 Å². The Bertz CT molecular complexity index is 126. The summed E-state index contributed by atoms with van der Waals surface area (Å²) in [6.45, 7) is 0.159. The molecule has 0 aromatic carbocycles. The van der Waals surface area contributed by atoms with Gasteiger partial charge in [0.1, 0.15) is 0 Å². The molecule has 0 fully saturated rings. The van der Waals surface area contributed by atoms with Gasteiger partial charge in [-0.05, 0) is 0 Å². The molecule has 0 aliphatic rings. The molecule has 7 heavy (non-hydrogen) atoms. The molecule has 0 aromatic heterocycles. The van der Waals surface area contributed by atoms with Crippen molar-refractivity contribution in [2.24, 2.45) is 5.73 Å². The molecule has 4 heteroatoms. The lowest BCUT2D eigenvalue weighted by atomic mass is 10.8. The third-order valence-corrected chi connectivity index (χ3v) is 1.29. The molecule has 2 N–H and O–H groups in total. The van der Waals surface area contributed by atoms with Crippen LogP contribution in [-0.2, 0) is 9.84 Å². The lowest BCUT2D eigenvalue weighted by Gasteiger charge is -1.87. The minimum Gasteiger partial charge on any atom is -0.329 e. The van der Waals surface area contributed by atoms with Crippen molar-refractivity contribution in [2.45, 2.75) is 0 Å². The fraction of sp³-hybridized carbons (Fsp3) is 0.667. The minimum atomic E-state index is -3.05. The van der Waals surface area contributed by atoms with Crippen LogP contribution < -0.4 is 5.73 Å². The average Bonchev–Trinajstić information content (AvgIpc) is 1.30. The van der Waals surface area contributed by atoms with Crippen molar-refractivity contribution in [1.82, 2.24) is 0 Å². The topological polar surface area (TPSA) is 60.2 Å². The van der Waals surface area contributed by atoms with E-state index in [1.54, 1.807) is 0 Å². The van der Waals surface area contributed by atoms with Gasteiger partial charge in [0.15, 0.2) is 9.84 Å².